The summed E-state index contributed by atoms with van der Waals surface area (Å²) in [5.41, 5.74) is -2.78. The molecule has 0 radical (unpaired) electrons. The molecule has 1 amide bonds. The van der Waals surface area contributed by atoms with Gasteiger partial charge < -0.3 is 5.32 Å². The van der Waals surface area contributed by atoms with Crippen LogP contribution in [0, 0.1) is 0 Å². The standard InChI is InChI=1S/C9H9F2NO2/c1-6(14)12-8-4-2-3-7(10)9(8,11)5-13/h2-5,8H,1H3,(H,12,14). The van der Waals surface area contributed by atoms with Gasteiger partial charge in [0.05, 0.1) is 6.04 Å². The molecule has 2 atom stereocenters. The number of halogens is 2. The fraction of sp³-hybridized carbons (Fsp3) is 0.333. The quantitative estimate of drug-likeness (QED) is 0.672. The summed E-state index contributed by atoms with van der Waals surface area (Å²) in [7, 11) is 0. The van der Waals surface area contributed by atoms with Crippen molar-refractivity contribution in [3.63, 3.8) is 0 Å². The second kappa shape index (κ2) is 3.69. The van der Waals surface area contributed by atoms with Crippen molar-refractivity contribution in [2.24, 2.45) is 0 Å². The lowest BCUT2D eigenvalue weighted by molar-refractivity contribution is -0.122. The van der Waals surface area contributed by atoms with Crippen LogP contribution in [0.25, 0.3) is 0 Å². The molecule has 0 saturated carbocycles. The van der Waals surface area contributed by atoms with Crippen LogP contribution in [0.15, 0.2) is 24.1 Å². The van der Waals surface area contributed by atoms with Gasteiger partial charge in [0.2, 0.25) is 11.6 Å². The Hall–Kier alpha value is -1.52. The van der Waals surface area contributed by atoms with E-state index in [1.807, 2.05) is 0 Å². The Bertz CT molecular complexity index is 325. The molecule has 0 aromatic carbocycles. The van der Waals surface area contributed by atoms with Crippen LogP contribution in [0.2, 0.25) is 0 Å². The third-order valence-electron chi connectivity index (χ3n) is 1.90. The van der Waals surface area contributed by atoms with E-state index in [-0.39, 0.29) is 6.29 Å². The highest BCUT2D eigenvalue weighted by atomic mass is 19.2. The lowest BCUT2D eigenvalue weighted by atomic mass is 9.92. The number of aldehydes is 1. The van der Waals surface area contributed by atoms with E-state index in [4.69, 9.17) is 0 Å². The first kappa shape index (κ1) is 10.6. The summed E-state index contributed by atoms with van der Waals surface area (Å²) >= 11 is 0. The van der Waals surface area contributed by atoms with Crippen LogP contribution in [-0.2, 0) is 9.59 Å². The van der Waals surface area contributed by atoms with Gasteiger partial charge in [0.25, 0.3) is 0 Å². The summed E-state index contributed by atoms with van der Waals surface area (Å²) in [5.74, 6) is -1.73. The monoisotopic (exact) mass is 201 g/mol. The minimum atomic E-state index is -2.78. The molecule has 0 aromatic heterocycles. The number of carbonyl (C=O) groups excluding carboxylic acids is 2. The Balaban J connectivity index is 2.96. The molecule has 0 fully saturated rings. The first-order valence-electron chi connectivity index (χ1n) is 3.97. The van der Waals surface area contributed by atoms with Gasteiger partial charge >= 0.3 is 0 Å². The third-order valence-corrected chi connectivity index (χ3v) is 1.90. The van der Waals surface area contributed by atoms with Crippen LogP contribution in [0.3, 0.4) is 0 Å². The van der Waals surface area contributed by atoms with E-state index >= 15 is 0 Å². The van der Waals surface area contributed by atoms with Crippen LogP contribution in [0.5, 0.6) is 0 Å². The fourth-order valence-electron chi connectivity index (χ4n) is 1.17. The maximum Gasteiger partial charge on any atom is 0.239 e. The highest BCUT2D eigenvalue weighted by Gasteiger charge is 2.44. The van der Waals surface area contributed by atoms with Crippen molar-refractivity contribution in [3.05, 3.63) is 24.1 Å². The second-order valence-electron chi connectivity index (χ2n) is 2.96. The number of alkyl halides is 1. The van der Waals surface area contributed by atoms with Gasteiger partial charge in [0, 0.05) is 6.92 Å². The van der Waals surface area contributed by atoms with Crippen molar-refractivity contribution in [1.29, 1.82) is 0 Å². The van der Waals surface area contributed by atoms with Crippen molar-refractivity contribution in [3.8, 4) is 0 Å². The van der Waals surface area contributed by atoms with Crippen molar-refractivity contribution in [2.45, 2.75) is 18.6 Å². The SMILES string of the molecule is CC(=O)NC1C=CC=C(F)C1(F)C=O. The van der Waals surface area contributed by atoms with E-state index in [0.717, 1.165) is 13.0 Å². The maximum atomic E-state index is 13.6. The molecule has 5 heteroatoms. The average molecular weight is 201 g/mol. The normalized spacial score (nSPS) is 30.8. The number of hydrogen-bond donors (Lipinski definition) is 1. The van der Waals surface area contributed by atoms with Crippen LogP contribution in [0.1, 0.15) is 6.92 Å². The summed E-state index contributed by atoms with van der Waals surface area (Å²) in [6, 6.07) is -1.28. The van der Waals surface area contributed by atoms with Crippen LogP contribution in [0.4, 0.5) is 8.78 Å². The maximum absolute atomic E-state index is 13.6. The summed E-state index contributed by atoms with van der Waals surface area (Å²) in [6.45, 7) is 1.16. The molecular weight excluding hydrogens is 192 g/mol. The molecule has 14 heavy (non-hydrogen) atoms. The summed E-state index contributed by atoms with van der Waals surface area (Å²) < 4.78 is 26.6. The predicted octanol–water partition coefficient (Wildman–Crippen LogP) is 0.822. The van der Waals surface area contributed by atoms with Gasteiger partial charge in [-0.3, -0.25) is 9.59 Å². The number of hydrogen-bond acceptors (Lipinski definition) is 2. The van der Waals surface area contributed by atoms with Crippen LogP contribution in [-0.4, -0.2) is 23.9 Å². The smallest absolute Gasteiger partial charge is 0.239 e. The molecule has 1 aliphatic carbocycles. The lowest BCUT2D eigenvalue weighted by Crippen LogP contribution is -2.50. The van der Waals surface area contributed by atoms with Gasteiger partial charge in [0.1, 0.15) is 5.83 Å². The topological polar surface area (TPSA) is 46.2 Å². The molecule has 76 valence electrons. The lowest BCUT2D eigenvalue weighted by Gasteiger charge is -2.27. The molecule has 0 heterocycles. The number of carbonyl (C=O) groups is 2. The molecule has 1 N–H and O–H groups in total. The van der Waals surface area contributed by atoms with E-state index in [9.17, 15) is 18.4 Å². The van der Waals surface area contributed by atoms with Gasteiger partial charge in [-0.1, -0.05) is 12.2 Å². The largest absolute Gasteiger partial charge is 0.346 e. The van der Waals surface area contributed by atoms with Gasteiger partial charge in [-0.25, -0.2) is 8.78 Å². The zero-order valence-corrected chi connectivity index (χ0v) is 7.46. The predicted molar refractivity (Wildman–Crippen MR) is 45.8 cm³/mol. The molecule has 0 aromatic rings. The van der Waals surface area contributed by atoms with Crippen molar-refractivity contribution < 1.29 is 18.4 Å². The zero-order chi connectivity index (χ0) is 10.8. The van der Waals surface area contributed by atoms with Gasteiger partial charge in [-0.05, 0) is 6.08 Å². The highest BCUT2D eigenvalue weighted by molar-refractivity contribution is 5.77. The van der Waals surface area contributed by atoms with Gasteiger partial charge in [0.15, 0.2) is 6.29 Å². The average Bonchev–Trinajstić information content (AvgIpc) is 2.12. The first-order valence-corrected chi connectivity index (χ1v) is 3.97. The molecular formula is C9H9F2NO2. The molecule has 0 spiro atoms. The van der Waals surface area contributed by atoms with Crippen molar-refractivity contribution in [1.82, 2.24) is 5.32 Å². The fourth-order valence-corrected chi connectivity index (χ4v) is 1.17. The van der Waals surface area contributed by atoms with E-state index in [2.05, 4.69) is 5.32 Å². The van der Waals surface area contributed by atoms with Crippen molar-refractivity contribution >= 4 is 12.2 Å². The molecule has 0 aliphatic heterocycles. The van der Waals surface area contributed by atoms with E-state index < -0.39 is 23.4 Å². The van der Waals surface area contributed by atoms with Gasteiger partial charge in [-0.15, -0.1) is 0 Å². The second-order valence-corrected chi connectivity index (χ2v) is 2.96. The Morgan fingerprint density at radius 3 is 2.86 bits per heavy atom. The number of nitrogens with one attached hydrogen (secondary N) is 1. The highest BCUT2D eigenvalue weighted by Crippen LogP contribution is 2.29. The van der Waals surface area contributed by atoms with Crippen LogP contribution >= 0.6 is 0 Å². The zero-order valence-electron chi connectivity index (χ0n) is 7.46. The number of amides is 1. The van der Waals surface area contributed by atoms with Crippen molar-refractivity contribution in [2.75, 3.05) is 0 Å². The minimum absolute atomic E-state index is 0.150. The molecule has 0 saturated heterocycles. The summed E-state index contributed by atoms with van der Waals surface area (Å²) in [4.78, 5) is 21.1. The minimum Gasteiger partial charge on any atom is -0.346 e. The number of allylic oxidation sites excluding steroid dienone is 2. The Labute approximate surface area is 79.5 Å². The molecule has 1 rings (SSSR count). The Kier molecular flexibility index (Phi) is 2.78. The van der Waals surface area contributed by atoms with E-state index in [1.165, 1.54) is 12.2 Å². The molecule has 0 bridgehead atoms. The van der Waals surface area contributed by atoms with E-state index in [0.29, 0.717) is 0 Å². The summed E-state index contributed by atoms with van der Waals surface area (Å²) in [5, 5.41) is 2.14. The first-order chi connectivity index (χ1) is 6.50. The number of rotatable bonds is 2. The third kappa shape index (κ3) is 1.71. The molecule has 1 aliphatic rings. The van der Waals surface area contributed by atoms with E-state index in [1.54, 1.807) is 0 Å². The molecule has 2 unspecified atom stereocenters. The van der Waals surface area contributed by atoms with Crippen LogP contribution < -0.4 is 5.32 Å². The Morgan fingerprint density at radius 1 is 1.71 bits per heavy atom. The summed E-state index contributed by atoms with van der Waals surface area (Å²) in [6.07, 6.45) is 3.17. The molecule has 3 nitrogen and oxygen atoms in total. The van der Waals surface area contributed by atoms with Gasteiger partial charge in [-0.2, -0.15) is 0 Å². The Morgan fingerprint density at radius 2 is 2.36 bits per heavy atom.